The number of hydrogen-bond donors (Lipinski definition) is 2. The average Bonchev–Trinajstić information content (AvgIpc) is 3.46. The second kappa shape index (κ2) is 9.12. The fourth-order valence-electron chi connectivity index (χ4n) is 4.63. The minimum absolute atomic E-state index is 0.136. The summed E-state index contributed by atoms with van der Waals surface area (Å²) >= 11 is 0. The maximum Gasteiger partial charge on any atom is 0.255 e. The molecule has 1 aromatic carbocycles. The lowest BCUT2D eigenvalue weighted by atomic mass is 10.1. The molecule has 1 fully saturated rings. The number of hydrogen-bond acceptors (Lipinski definition) is 6. The van der Waals surface area contributed by atoms with Crippen LogP contribution in [0.5, 0.6) is 5.75 Å². The number of aryl methyl sites for hydroxylation is 1. The molecule has 2 aromatic heterocycles. The highest BCUT2D eigenvalue weighted by Gasteiger charge is 2.38. The first kappa shape index (κ1) is 21.9. The van der Waals surface area contributed by atoms with Gasteiger partial charge in [0.25, 0.3) is 11.8 Å². The summed E-state index contributed by atoms with van der Waals surface area (Å²) < 4.78 is 7.33. The molecular weight excluding hydrogens is 436 g/mol. The molecule has 5 rings (SSSR count). The molecule has 10 heteroatoms. The molecule has 2 N–H and O–H groups in total. The van der Waals surface area contributed by atoms with Crippen LogP contribution in [0.15, 0.2) is 42.9 Å². The summed E-state index contributed by atoms with van der Waals surface area (Å²) in [5, 5.41) is 9.96. The van der Waals surface area contributed by atoms with E-state index in [1.807, 2.05) is 13.0 Å². The predicted octanol–water partition coefficient (Wildman–Crippen LogP) is 1.34. The third-order valence-electron chi connectivity index (χ3n) is 6.43. The molecule has 0 spiro atoms. The highest BCUT2D eigenvalue weighted by molar-refractivity contribution is 5.96. The Bertz CT molecular complexity index is 1260. The van der Waals surface area contributed by atoms with Gasteiger partial charge in [0.15, 0.2) is 5.65 Å². The van der Waals surface area contributed by atoms with Gasteiger partial charge in [-0.2, -0.15) is 5.10 Å². The lowest BCUT2D eigenvalue weighted by Gasteiger charge is -2.30. The molecule has 1 saturated heterocycles. The van der Waals surface area contributed by atoms with Crippen molar-refractivity contribution in [1.82, 2.24) is 30.1 Å². The molecule has 3 aromatic rings. The van der Waals surface area contributed by atoms with Gasteiger partial charge in [-0.05, 0) is 49.6 Å². The molecule has 4 heterocycles. The van der Waals surface area contributed by atoms with E-state index in [1.54, 1.807) is 39.9 Å². The number of nitrogens with one attached hydrogen (secondary N) is 2. The molecular formula is C24H26N6O4. The van der Waals surface area contributed by atoms with Gasteiger partial charge in [-0.1, -0.05) is 6.07 Å². The fourth-order valence-corrected chi connectivity index (χ4v) is 4.63. The fraction of sp³-hybridized carbons (Fsp3) is 0.375. The SMILES string of the molecule is Cc1ccc2cc1OCCNC(=O)C[C@@H]1CC[C@H](CNC2=O)N1C(=O)c1ccc2ncnn2c1. The molecule has 3 amide bonds. The van der Waals surface area contributed by atoms with Gasteiger partial charge in [-0.3, -0.25) is 14.4 Å². The Morgan fingerprint density at radius 2 is 1.97 bits per heavy atom. The molecule has 2 aliphatic rings. The van der Waals surface area contributed by atoms with Gasteiger partial charge in [0, 0.05) is 36.8 Å². The summed E-state index contributed by atoms with van der Waals surface area (Å²) in [4.78, 5) is 45.0. The van der Waals surface area contributed by atoms with Gasteiger partial charge in [-0.25, -0.2) is 9.50 Å². The molecule has 34 heavy (non-hydrogen) atoms. The monoisotopic (exact) mass is 462 g/mol. The summed E-state index contributed by atoms with van der Waals surface area (Å²) in [5.41, 5.74) is 2.50. The number of carbonyl (C=O) groups is 3. The summed E-state index contributed by atoms with van der Waals surface area (Å²) in [6, 6.07) is 8.25. The number of pyridine rings is 1. The van der Waals surface area contributed by atoms with Crippen molar-refractivity contribution in [1.29, 1.82) is 0 Å². The van der Waals surface area contributed by atoms with Gasteiger partial charge in [0.05, 0.1) is 12.1 Å². The van der Waals surface area contributed by atoms with Gasteiger partial charge >= 0.3 is 0 Å². The maximum atomic E-state index is 13.6. The quantitative estimate of drug-likeness (QED) is 0.564. The van der Waals surface area contributed by atoms with E-state index >= 15 is 0 Å². The minimum Gasteiger partial charge on any atom is -0.491 e. The van der Waals surface area contributed by atoms with Crippen molar-refractivity contribution in [3.8, 4) is 5.75 Å². The van der Waals surface area contributed by atoms with Crippen molar-refractivity contribution >= 4 is 23.4 Å². The zero-order valence-electron chi connectivity index (χ0n) is 18.9. The van der Waals surface area contributed by atoms with E-state index in [-0.39, 0.29) is 42.8 Å². The molecule has 4 bridgehead atoms. The number of nitrogens with zero attached hydrogens (tertiary/aromatic N) is 4. The van der Waals surface area contributed by atoms with E-state index in [0.29, 0.717) is 48.5 Å². The molecule has 0 unspecified atom stereocenters. The second-order valence-electron chi connectivity index (χ2n) is 8.67. The zero-order chi connectivity index (χ0) is 23.7. The molecule has 0 radical (unpaired) electrons. The van der Waals surface area contributed by atoms with Crippen molar-refractivity contribution in [2.45, 2.75) is 38.3 Å². The molecule has 0 saturated carbocycles. The van der Waals surface area contributed by atoms with Crippen LogP contribution >= 0.6 is 0 Å². The first-order valence-electron chi connectivity index (χ1n) is 11.4. The topological polar surface area (TPSA) is 118 Å². The number of carbonyl (C=O) groups excluding carboxylic acids is 3. The van der Waals surface area contributed by atoms with Crippen LogP contribution < -0.4 is 15.4 Å². The molecule has 10 nitrogen and oxygen atoms in total. The van der Waals surface area contributed by atoms with Gasteiger partial charge in [-0.15, -0.1) is 0 Å². The van der Waals surface area contributed by atoms with Crippen LogP contribution in [0.1, 0.15) is 45.5 Å². The number of aromatic nitrogens is 3. The van der Waals surface area contributed by atoms with Crippen molar-refractivity contribution in [2.75, 3.05) is 19.7 Å². The number of benzene rings is 1. The number of rotatable bonds is 1. The summed E-state index contributed by atoms with van der Waals surface area (Å²) in [7, 11) is 0. The van der Waals surface area contributed by atoms with Gasteiger partial charge in [0.1, 0.15) is 18.7 Å². The number of amides is 3. The highest BCUT2D eigenvalue weighted by Crippen LogP contribution is 2.29. The van der Waals surface area contributed by atoms with E-state index in [0.717, 1.165) is 5.56 Å². The van der Waals surface area contributed by atoms with Gasteiger partial charge < -0.3 is 20.3 Å². The molecule has 2 aliphatic heterocycles. The number of fused-ring (bicyclic) bond motifs is 5. The van der Waals surface area contributed by atoms with E-state index < -0.39 is 0 Å². The van der Waals surface area contributed by atoms with E-state index in [9.17, 15) is 14.4 Å². The van der Waals surface area contributed by atoms with Crippen molar-refractivity contribution in [3.05, 3.63) is 59.5 Å². The second-order valence-corrected chi connectivity index (χ2v) is 8.67. The Labute approximate surface area is 196 Å². The highest BCUT2D eigenvalue weighted by atomic mass is 16.5. The van der Waals surface area contributed by atoms with Crippen molar-refractivity contribution < 1.29 is 19.1 Å². The molecule has 0 aliphatic carbocycles. The molecule has 2 atom stereocenters. The van der Waals surface area contributed by atoms with Gasteiger partial charge in [0.2, 0.25) is 5.91 Å². The van der Waals surface area contributed by atoms with Crippen molar-refractivity contribution in [2.24, 2.45) is 0 Å². The lowest BCUT2D eigenvalue weighted by molar-refractivity contribution is -0.122. The minimum atomic E-state index is -0.268. The van der Waals surface area contributed by atoms with E-state index in [1.165, 1.54) is 6.33 Å². The lowest BCUT2D eigenvalue weighted by Crippen LogP contribution is -2.48. The third kappa shape index (κ3) is 4.30. The van der Waals surface area contributed by atoms with Crippen LogP contribution in [0.3, 0.4) is 0 Å². The first-order chi connectivity index (χ1) is 16.5. The van der Waals surface area contributed by atoms with Crippen LogP contribution in [-0.2, 0) is 4.79 Å². The average molecular weight is 463 g/mol. The van der Waals surface area contributed by atoms with Crippen LogP contribution in [-0.4, -0.2) is 69.0 Å². The Morgan fingerprint density at radius 1 is 1.12 bits per heavy atom. The third-order valence-corrected chi connectivity index (χ3v) is 6.43. The van der Waals surface area contributed by atoms with Crippen LogP contribution in [0.2, 0.25) is 0 Å². The van der Waals surface area contributed by atoms with Crippen LogP contribution in [0, 0.1) is 6.92 Å². The normalized spacial score (nSPS) is 21.3. The van der Waals surface area contributed by atoms with Crippen LogP contribution in [0.25, 0.3) is 5.65 Å². The standard InChI is InChI=1S/C24H26N6O4/c1-15-2-3-16-10-20(15)34-9-8-25-22(31)11-18-5-6-19(12-26-23(16)32)30(18)24(33)17-4-7-21-27-14-28-29(21)13-17/h2-4,7,10,13-14,18-19H,5-6,8-9,11-12H2,1H3,(H,25,31)(H,26,32)/t18-,19+/m0/s1. The Balaban J connectivity index is 1.43. The maximum absolute atomic E-state index is 13.6. The Hall–Kier alpha value is -3.95. The number of ether oxygens (including phenoxy) is 1. The summed E-state index contributed by atoms with van der Waals surface area (Å²) in [6.07, 6.45) is 4.63. The van der Waals surface area contributed by atoms with Crippen LogP contribution in [0.4, 0.5) is 0 Å². The van der Waals surface area contributed by atoms with E-state index in [4.69, 9.17) is 4.74 Å². The Morgan fingerprint density at radius 3 is 2.85 bits per heavy atom. The van der Waals surface area contributed by atoms with E-state index in [2.05, 4.69) is 20.7 Å². The smallest absolute Gasteiger partial charge is 0.255 e. The first-order valence-corrected chi connectivity index (χ1v) is 11.4. The van der Waals surface area contributed by atoms with Crippen molar-refractivity contribution in [3.63, 3.8) is 0 Å². The summed E-state index contributed by atoms with van der Waals surface area (Å²) in [5.74, 6) is 0.0489. The Kier molecular flexibility index (Phi) is 5.87. The zero-order valence-corrected chi connectivity index (χ0v) is 18.9. The molecule has 176 valence electrons. The summed E-state index contributed by atoms with van der Waals surface area (Å²) in [6.45, 7) is 2.81. The predicted molar refractivity (Wildman–Crippen MR) is 123 cm³/mol. The largest absolute Gasteiger partial charge is 0.491 e.